The maximum atomic E-state index is 4.35. The molecule has 1 atom stereocenters. The standard InChI is InChI=1S/C12H19N3/c1-15-9-8-13-10-12(15)6-5-11-4-2-3-7-14-11/h2-4,7,12-13H,5-6,8-10H2,1H3. The molecule has 0 bridgehead atoms. The molecule has 82 valence electrons. The van der Waals surface area contributed by atoms with Crippen LogP contribution in [0.4, 0.5) is 0 Å². The Labute approximate surface area is 91.5 Å². The highest BCUT2D eigenvalue weighted by molar-refractivity contribution is 5.03. The van der Waals surface area contributed by atoms with Crippen molar-refractivity contribution in [1.29, 1.82) is 0 Å². The van der Waals surface area contributed by atoms with Gasteiger partial charge in [-0.2, -0.15) is 0 Å². The van der Waals surface area contributed by atoms with Crippen LogP contribution in [0, 0.1) is 0 Å². The lowest BCUT2D eigenvalue weighted by Crippen LogP contribution is -2.49. The Bertz CT molecular complexity index is 286. The summed E-state index contributed by atoms with van der Waals surface area (Å²) >= 11 is 0. The van der Waals surface area contributed by atoms with Crippen LogP contribution in [-0.2, 0) is 6.42 Å². The highest BCUT2D eigenvalue weighted by Crippen LogP contribution is 2.08. The number of piperazine rings is 1. The second kappa shape index (κ2) is 5.24. The van der Waals surface area contributed by atoms with Gasteiger partial charge in [0.05, 0.1) is 0 Å². The summed E-state index contributed by atoms with van der Waals surface area (Å²) in [5.41, 5.74) is 1.21. The number of hydrogen-bond donors (Lipinski definition) is 1. The van der Waals surface area contributed by atoms with Crippen molar-refractivity contribution < 1.29 is 0 Å². The van der Waals surface area contributed by atoms with Crippen molar-refractivity contribution in [1.82, 2.24) is 15.2 Å². The van der Waals surface area contributed by atoms with Crippen molar-refractivity contribution >= 4 is 0 Å². The zero-order valence-electron chi connectivity index (χ0n) is 9.32. The van der Waals surface area contributed by atoms with Crippen LogP contribution in [0.2, 0.25) is 0 Å². The Morgan fingerprint density at radius 1 is 1.53 bits per heavy atom. The molecule has 0 spiro atoms. The normalized spacial score (nSPS) is 22.9. The number of aromatic nitrogens is 1. The number of nitrogens with one attached hydrogen (secondary N) is 1. The van der Waals surface area contributed by atoms with Gasteiger partial charge in [0.2, 0.25) is 0 Å². The maximum Gasteiger partial charge on any atom is 0.0404 e. The molecule has 0 amide bonds. The van der Waals surface area contributed by atoms with Crippen LogP contribution in [0.25, 0.3) is 0 Å². The summed E-state index contributed by atoms with van der Waals surface area (Å²) in [6.07, 6.45) is 4.15. The van der Waals surface area contributed by atoms with Crippen LogP contribution in [0.3, 0.4) is 0 Å². The minimum absolute atomic E-state index is 0.667. The van der Waals surface area contributed by atoms with Crippen molar-refractivity contribution in [3.8, 4) is 0 Å². The van der Waals surface area contributed by atoms with Gasteiger partial charge in [-0.25, -0.2) is 0 Å². The van der Waals surface area contributed by atoms with Gasteiger partial charge in [0.25, 0.3) is 0 Å². The summed E-state index contributed by atoms with van der Waals surface area (Å²) in [6, 6.07) is 6.81. The minimum atomic E-state index is 0.667. The third kappa shape index (κ3) is 3.01. The fourth-order valence-corrected chi connectivity index (χ4v) is 2.05. The average molecular weight is 205 g/mol. The Morgan fingerprint density at radius 3 is 3.20 bits per heavy atom. The average Bonchev–Trinajstić information content (AvgIpc) is 2.29. The van der Waals surface area contributed by atoms with Crippen molar-refractivity contribution in [3.05, 3.63) is 30.1 Å². The number of likely N-dealkylation sites (N-methyl/N-ethyl adjacent to an activating group) is 1. The Balaban J connectivity index is 1.82. The van der Waals surface area contributed by atoms with E-state index in [0.29, 0.717) is 6.04 Å². The van der Waals surface area contributed by atoms with Gasteiger partial charge < -0.3 is 10.2 Å². The molecule has 3 nitrogen and oxygen atoms in total. The zero-order chi connectivity index (χ0) is 10.5. The largest absolute Gasteiger partial charge is 0.314 e. The molecule has 1 fully saturated rings. The van der Waals surface area contributed by atoms with E-state index >= 15 is 0 Å². The van der Waals surface area contributed by atoms with Gasteiger partial charge in [0, 0.05) is 37.6 Å². The van der Waals surface area contributed by atoms with Gasteiger partial charge in [0.15, 0.2) is 0 Å². The van der Waals surface area contributed by atoms with E-state index < -0.39 is 0 Å². The highest BCUT2D eigenvalue weighted by Gasteiger charge is 2.17. The van der Waals surface area contributed by atoms with E-state index in [1.165, 1.54) is 12.1 Å². The lowest BCUT2D eigenvalue weighted by molar-refractivity contribution is 0.190. The highest BCUT2D eigenvalue weighted by atomic mass is 15.2. The first-order chi connectivity index (χ1) is 7.36. The lowest BCUT2D eigenvalue weighted by Gasteiger charge is -2.33. The summed E-state index contributed by atoms with van der Waals surface area (Å²) in [7, 11) is 2.21. The predicted molar refractivity (Wildman–Crippen MR) is 61.8 cm³/mol. The van der Waals surface area contributed by atoms with E-state index in [4.69, 9.17) is 0 Å². The molecule has 2 rings (SSSR count). The molecule has 1 saturated heterocycles. The van der Waals surface area contributed by atoms with Crippen LogP contribution >= 0.6 is 0 Å². The maximum absolute atomic E-state index is 4.35. The molecular weight excluding hydrogens is 186 g/mol. The van der Waals surface area contributed by atoms with Crippen molar-refractivity contribution in [3.63, 3.8) is 0 Å². The summed E-state index contributed by atoms with van der Waals surface area (Å²) in [5, 5.41) is 3.44. The molecule has 1 unspecified atom stereocenters. The summed E-state index contributed by atoms with van der Waals surface area (Å²) in [5.74, 6) is 0. The van der Waals surface area contributed by atoms with Crippen LogP contribution in [-0.4, -0.2) is 42.6 Å². The van der Waals surface area contributed by atoms with Gasteiger partial charge in [-0.15, -0.1) is 0 Å². The fraction of sp³-hybridized carbons (Fsp3) is 0.583. The second-order valence-electron chi connectivity index (χ2n) is 4.20. The Morgan fingerprint density at radius 2 is 2.47 bits per heavy atom. The van der Waals surface area contributed by atoms with Crippen LogP contribution < -0.4 is 5.32 Å². The SMILES string of the molecule is CN1CCNCC1CCc1ccccn1. The molecule has 3 heteroatoms. The smallest absolute Gasteiger partial charge is 0.0404 e. The molecule has 0 radical (unpaired) electrons. The Hall–Kier alpha value is -0.930. The molecular formula is C12H19N3. The van der Waals surface area contributed by atoms with E-state index in [1.54, 1.807) is 0 Å². The van der Waals surface area contributed by atoms with Crippen LogP contribution in [0.15, 0.2) is 24.4 Å². The fourth-order valence-electron chi connectivity index (χ4n) is 2.05. The number of nitrogens with zero attached hydrogens (tertiary/aromatic N) is 2. The topological polar surface area (TPSA) is 28.2 Å². The molecule has 0 saturated carbocycles. The zero-order valence-corrected chi connectivity index (χ0v) is 9.32. The van der Waals surface area contributed by atoms with E-state index in [-0.39, 0.29) is 0 Å². The summed E-state index contributed by atoms with van der Waals surface area (Å²) in [4.78, 5) is 6.79. The molecule has 0 aliphatic carbocycles. The molecule has 1 aromatic rings. The lowest BCUT2D eigenvalue weighted by atomic mass is 10.1. The molecule has 1 aromatic heterocycles. The first-order valence-corrected chi connectivity index (χ1v) is 5.67. The molecule has 1 N–H and O–H groups in total. The van der Waals surface area contributed by atoms with Gasteiger partial charge in [-0.1, -0.05) is 6.07 Å². The van der Waals surface area contributed by atoms with E-state index in [2.05, 4.69) is 34.4 Å². The van der Waals surface area contributed by atoms with Gasteiger partial charge in [-0.05, 0) is 32.0 Å². The van der Waals surface area contributed by atoms with E-state index in [0.717, 1.165) is 26.1 Å². The van der Waals surface area contributed by atoms with Crippen molar-refractivity contribution in [2.75, 3.05) is 26.7 Å². The van der Waals surface area contributed by atoms with Crippen molar-refractivity contribution in [2.24, 2.45) is 0 Å². The quantitative estimate of drug-likeness (QED) is 0.795. The third-order valence-electron chi connectivity index (χ3n) is 3.10. The third-order valence-corrected chi connectivity index (χ3v) is 3.10. The molecule has 2 heterocycles. The molecule has 1 aliphatic heterocycles. The molecule has 0 aromatic carbocycles. The number of rotatable bonds is 3. The summed E-state index contributed by atoms with van der Waals surface area (Å²) in [6.45, 7) is 3.40. The monoisotopic (exact) mass is 205 g/mol. The van der Waals surface area contributed by atoms with E-state index in [1.807, 2.05) is 12.3 Å². The Kier molecular flexibility index (Phi) is 3.69. The first-order valence-electron chi connectivity index (χ1n) is 5.67. The molecule has 1 aliphatic rings. The number of aryl methyl sites for hydroxylation is 1. The van der Waals surface area contributed by atoms with Crippen LogP contribution in [0.1, 0.15) is 12.1 Å². The van der Waals surface area contributed by atoms with Crippen molar-refractivity contribution in [2.45, 2.75) is 18.9 Å². The van der Waals surface area contributed by atoms with E-state index in [9.17, 15) is 0 Å². The van der Waals surface area contributed by atoms with Gasteiger partial charge in [0.1, 0.15) is 0 Å². The number of pyridine rings is 1. The molecule has 15 heavy (non-hydrogen) atoms. The number of hydrogen-bond acceptors (Lipinski definition) is 3. The summed E-state index contributed by atoms with van der Waals surface area (Å²) < 4.78 is 0. The first kappa shape index (κ1) is 10.6. The van der Waals surface area contributed by atoms with Crippen LogP contribution in [0.5, 0.6) is 0 Å². The minimum Gasteiger partial charge on any atom is -0.314 e. The predicted octanol–water partition coefficient (Wildman–Crippen LogP) is 0.918. The second-order valence-corrected chi connectivity index (χ2v) is 4.20. The van der Waals surface area contributed by atoms with Gasteiger partial charge in [-0.3, -0.25) is 4.98 Å². The van der Waals surface area contributed by atoms with Gasteiger partial charge >= 0.3 is 0 Å².